The molecule has 3 rings (SSSR count). The summed E-state index contributed by atoms with van der Waals surface area (Å²) in [5.41, 5.74) is 8.09. The summed E-state index contributed by atoms with van der Waals surface area (Å²) >= 11 is 0. The molecule has 0 bridgehead atoms. The van der Waals surface area contributed by atoms with Crippen LogP contribution in [0.3, 0.4) is 0 Å². The molecule has 0 aliphatic carbocycles. The Kier molecular flexibility index (Phi) is 3.03. The maximum Gasteiger partial charge on any atom is 0.187 e. The third-order valence-electron chi connectivity index (χ3n) is 4.11. The van der Waals surface area contributed by atoms with Crippen molar-refractivity contribution in [3.8, 4) is 6.07 Å². The van der Waals surface area contributed by atoms with E-state index in [4.69, 9.17) is 5.73 Å². The van der Waals surface area contributed by atoms with Crippen molar-refractivity contribution in [1.29, 1.82) is 5.26 Å². The first-order chi connectivity index (χ1) is 9.67. The smallest absolute Gasteiger partial charge is 0.187 e. The average molecular weight is 267 g/mol. The van der Waals surface area contributed by atoms with Crippen LogP contribution < -0.4 is 10.6 Å². The minimum absolute atomic E-state index is 0.108. The van der Waals surface area contributed by atoms with E-state index < -0.39 is 0 Å². The first-order valence-corrected chi connectivity index (χ1v) is 6.77. The molecule has 2 aromatic rings. The van der Waals surface area contributed by atoms with Crippen molar-refractivity contribution in [3.05, 3.63) is 30.0 Å². The van der Waals surface area contributed by atoms with E-state index in [-0.39, 0.29) is 5.41 Å². The molecule has 5 nitrogen and oxygen atoms in total. The van der Waals surface area contributed by atoms with E-state index >= 15 is 0 Å². The number of benzene rings is 1. The minimum Gasteiger partial charge on any atom is -0.368 e. The molecule has 2 N–H and O–H groups in total. The van der Waals surface area contributed by atoms with Gasteiger partial charge in [-0.2, -0.15) is 5.26 Å². The van der Waals surface area contributed by atoms with Gasteiger partial charge in [0.05, 0.1) is 11.2 Å². The van der Waals surface area contributed by atoms with Gasteiger partial charge < -0.3 is 10.6 Å². The lowest BCUT2D eigenvalue weighted by molar-refractivity contribution is 0.383. The fraction of sp³-hybridized carbons (Fsp3) is 0.400. The normalized spacial score (nSPS) is 22.1. The number of nitrogens with zero attached hydrogens (tertiary/aromatic N) is 4. The topological polar surface area (TPSA) is 78.8 Å². The van der Waals surface area contributed by atoms with Crippen molar-refractivity contribution < 1.29 is 0 Å². The molecule has 5 heteroatoms. The lowest BCUT2D eigenvalue weighted by atomic mass is 9.90. The first kappa shape index (κ1) is 12.8. The van der Waals surface area contributed by atoms with Gasteiger partial charge in [0.1, 0.15) is 6.07 Å². The highest BCUT2D eigenvalue weighted by Gasteiger charge is 2.34. The Morgan fingerprint density at radius 3 is 2.90 bits per heavy atom. The lowest BCUT2D eigenvalue weighted by Crippen LogP contribution is -2.31. The number of hydrogen-bond donors (Lipinski definition) is 1. The Bertz CT molecular complexity index is 690. The molecule has 102 valence electrons. The van der Waals surface area contributed by atoms with Crippen LogP contribution in [0.15, 0.2) is 24.3 Å². The summed E-state index contributed by atoms with van der Waals surface area (Å²) in [5, 5.41) is 18.5. The van der Waals surface area contributed by atoms with Crippen molar-refractivity contribution in [1.82, 2.24) is 10.2 Å². The zero-order valence-electron chi connectivity index (χ0n) is 11.5. The molecule has 2 heterocycles. The van der Waals surface area contributed by atoms with E-state index in [1.165, 1.54) is 0 Å². The highest BCUT2D eigenvalue weighted by Crippen LogP contribution is 2.36. The fourth-order valence-electron chi connectivity index (χ4n) is 2.82. The van der Waals surface area contributed by atoms with Crippen molar-refractivity contribution in [3.63, 3.8) is 0 Å². The molecular formula is C15H17N5. The quantitative estimate of drug-likeness (QED) is 0.895. The van der Waals surface area contributed by atoms with Crippen LogP contribution >= 0.6 is 0 Å². The molecule has 0 amide bonds. The monoisotopic (exact) mass is 267 g/mol. The molecule has 1 aromatic carbocycles. The van der Waals surface area contributed by atoms with Gasteiger partial charge in [-0.15, -0.1) is 10.2 Å². The van der Waals surface area contributed by atoms with E-state index in [2.05, 4.69) is 28.1 Å². The predicted molar refractivity (Wildman–Crippen MR) is 78.2 cm³/mol. The molecule has 1 saturated heterocycles. The number of aromatic nitrogens is 2. The molecule has 1 atom stereocenters. The summed E-state index contributed by atoms with van der Waals surface area (Å²) in [7, 11) is 0. The van der Waals surface area contributed by atoms with Crippen LogP contribution in [0.25, 0.3) is 10.9 Å². The van der Waals surface area contributed by atoms with E-state index in [1.807, 2.05) is 24.3 Å². The molecule has 20 heavy (non-hydrogen) atoms. The second-order valence-corrected chi connectivity index (χ2v) is 5.71. The molecule has 1 unspecified atom stereocenters. The van der Waals surface area contributed by atoms with Gasteiger partial charge in [0.2, 0.25) is 0 Å². The van der Waals surface area contributed by atoms with Gasteiger partial charge >= 0.3 is 0 Å². The van der Waals surface area contributed by atoms with Crippen molar-refractivity contribution >= 4 is 16.6 Å². The molecule has 1 aliphatic rings. The van der Waals surface area contributed by atoms with Crippen molar-refractivity contribution in [2.24, 2.45) is 11.1 Å². The summed E-state index contributed by atoms with van der Waals surface area (Å²) in [6, 6.07) is 9.98. The number of nitrogens with two attached hydrogens (primary N) is 1. The van der Waals surface area contributed by atoms with Crippen LogP contribution in [-0.2, 0) is 0 Å². The van der Waals surface area contributed by atoms with E-state index in [9.17, 15) is 5.26 Å². The summed E-state index contributed by atoms with van der Waals surface area (Å²) < 4.78 is 0. The van der Waals surface area contributed by atoms with Gasteiger partial charge in [-0.05, 0) is 24.4 Å². The lowest BCUT2D eigenvalue weighted by Gasteiger charge is -2.24. The van der Waals surface area contributed by atoms with Gasteiger partial charge in [-0.25, -0.2) is 0 Å². The van der Waals surface area contributed by atoms with Crippen LogP contribution in [-0.4, -0.2) is 29.8 Å². The maximum absolute atomic E-state index is 9.32. The summed E-state index contributed by atoms with van der Waals surface area (Å²) in [4.78, 5) is 2.22. The third kappa shape index (κ3) is 1.98. The molecular weight excluding hydrogens is 250 g/mol. The van der Waals surface area contributed by atoms with Crippen molar-refractivity contribution in [2.45, 2.75) is 13.3 Å². The Morgan fingerprint density at radius 2 is 2.20 bits per heavy atom. The van der Waals surface area contributed by atoms with Crippen LogP contribution in [0.2, 0.25) is 0 Å². The summed E-state index contributed by atoms with van der Waals surface area (Å²) in [6.45, 7) is 4.60. The third-order valence-corrected chi connectivity index (χ3v) is 4.11. The van der Waals surface area contributed by atoms with Crippen LogP contribution in [0.1, 0.15) is 19.0 Å². The summed E-state index contributed by atoms with van der Waals surface area (Å²) in [5.74, 6) is 0. The molecule has 0 spiro atoms. The summed E-state index contributed by atoms with van der Waals surface area (Å²) in [6.07, 6.45) is 1.03. The minimum atomic E-state index is 0.108. The maximum atomic E-state index is 9.32. The first-order valence-electron chi connectivity index (χ1n) is 6.77. The van der Waals surface area contributed by atoms with Gasteiger partial charge in [-0.1, -0.05) is 25.1 Å². The number of hydrogen-bond acceptors (Lipinski definition) is 5. The number of rotatable bonds is 2. The largest absolute Gasteiger partial charge is 0.368 e. The van der Waals surface area contributed by atoms with E-state index in [0.29, 0.717) is 12.2 Å². The zero-order chi connectivity index (χ0) is 14.2. The van der Waals surface area contributed by atoms with Crippen LogP contribution in [0.5, 0.6) is 0 Å². The highest BCUT2D eigenvalue weighted by molar-refractivity contribution is 5.93. The fourth-order valence-corrected chi connectivity index (χ4v) is 2.82. The highest BCUT2D eigenvalue weighted by atomic mass is 15.2. The molecule has 0 saturated carbocycles. The second kappa shape index (κ2) is 4.73. The molecule has 1 aromatic heterocycles. The van der Waals surface area contributed by atoms with Crippen molar-refractivity contribution in [2.75, 3.05) is 24.5 Å². The van der Waals surface area contributed by atoms with Crippen LogP contribution in [0.4, 0.5) is 5.69 Å². The van der Waals surface area contributed by atoms with Gasteiger partial charge in [-0.3, -0.25) is 0 Å². The predicted octanol–water partition coefficient (Wildman–Crippen LogP) is 1.68. The van der Waals surface area contributed by atoms with Crippen LogP contribution in [0, 0.1) is 16.7 Å². The number of anilines is 1. The standard InChI is InChI=1S/C15H17N5/c1-15(9-17)6-7-20(10-15)14-11-4-2-3-5-12(11)18-19-13(14)8-16/h2-5H,6-7,9-10,17H2,1H3. The van der Waals surface area contributed by atoms with Gasteiger partial charge in [0.15, 0.2) is 5.69 Å². The van der Waals surface area contributed by atoms with E-state index in [1.54, 1.807) is 0 Å². The molecule has 0 radical (unpaired) electrons. The SMILES string of the molecule is CC1(CN)CCN(c2c(C#N)nnc3ccccc23)C1. The van der Waals surface area contributed by atoms with E-state index in [0.717, 1.165) is 36.1 Å². The molecule has 1 aliphatic heterocycles. The average Bonchev–Trinajstić information content (AvgIpc) is 2.89. The Morgan fingerprint density at radius 1 is 1.40 bits per heavy atom. The van der Waals surface area contributed by atoms with Gasteiger partial charge in [0.25, 0.3) is 0 Å². The Hall–Kier alpha value is -2.19. The number of fused-ring (bicyclic) bond motifs is 1. The molecule has 1 fully saturated rings. The number of nitriles is 1. The Balaban J connectivity index is 2.13. The zero-order valence-corrected chi connectivity index (χ0v) is 11.5. The second-order valence-electron chi connectivity index (χ2n) is 5.71. The van der Waals surface area contributed by atoms with Gasteiger partial charge in [0, 0.05) is 18.5 Å². The Labute approximate surface area is 118 Å².